The molecular formula is C24H22N4O3. The monoisotopic (exact) mass is 414 g/mol. The minimum absolute atomic E-state index is 0.0300. The summed E-state index contributed by atoms with van der Waals surface area (Å²) in [6.45, 7) is 3.71. The van der Waals surface area contributed by atoms with E-state index in [0.717, 1.165) is 11.3 Å². The maximum absolute atomic E-state index is 12.7. The molecular weight excluding hydrogens is 392 g/mol. The van der Waals surface area contributed by atoms with Gasteiger partial charge in [-0.3, -0.25) is 4.79 Å². The van der Waals surface area contributed by atoms with E-state index in [9.17, 15) is 14.9 Å². The Morgan fingerprint density at radius 2 is 1.81 bits per heavy atom. The van der Waals surface area contributed by atoms with Crippen molar-refractivity contribution in [3.63, 3.8) is 0 Å². The minimum Gasteiger partial charge on any atom is -0.461 e. The highest BCUT2D eigenvalue weighted by Crippen LogP contribution is 2.18. The Morgan fingerprint density at radius 1 is 1.16 bits per heavy atom. The van der Waals surface area contributed by atoms with Crippen LogP contribution in [0.2, 0.25) is 0 Å². The van der Waals surface area contributed by atoms with Crippen LogP contribution in [0.15, 0.2) is 72.4 Å². The SMILES string of the molecule is CCOC(=O)c1nn(-c2ccccc2)cc1/C=C(/C#N)C(=O)NC(C)c1ccccc1. The highest BCUT2D eigenvalue weighted by Gasteiger charge is 2.20. The predicted molar refractivity (Wildman–Crippen MR) is 116 cm³/mol. The molecule has 1 heterocycles. The normalized spacial score (nSPS) is 12.0. The Balaban J connectivity index is 1.93. The second-order valence-corrected chi connectivity index (χ2v) is 6.71. The number of hydrogen-bond donors (Lipinski definition) is 1. The third-order valence-electron chi connectivity index (χ3n) is 4.54. The molecule has 3 rings (SSSR count). The van der Waals surface area contributed by atoms with Crippen molar-refractivity contribution in [2.75, 3.05) is 6.61 Å². The van der Waals surface area contributed by atoms with Crippen molar-refractivity contribution in [2.45, 2.75) is 19.9 Å². The van der Waals surface area contributed by atoms with E-state index < -0.39 is 11.9 Å². The number of carbonyl (C=O) groups is 2. The number of ether oxygens (including phenoxy) is 1. The van der Waals surface area contributed by atoms with Gasteiger partial charge in [-0.25, -0.2) is 9.48 Å². The van der Waals surface area contributed by atoms with Crippen LogP contribution < -0.4 is 5.32 Å². The van der Waals surface area contributed by atoms with E-state index in [0.29, 0.717) is 5.56 Å². The predicted octanol–water partition coefficient (Wildman–Crippen LogP) is 3.83. The zero-order valence-corrected chi connectivity index (χ0v) is 17.3. The number of carbonyl (C=O) groups excluding carboxylic acids is 2. The van der Waals surface area contributed by atoms with Gasteiger partial charge in [0.15, 0.2) is 5.69 Å². The molecule has 7 nitrogen and oxygen atoms in total. The molecule has 1 N–H and O–H groups in total. The molecule has 0 saturated heterocycles. The Labute approximate surface area is 180 Å². The largest absolute Gasteiger partial charge is 0.461 e. The summed E-state index contributed by atoms with van der Waals surface area (Å²) < 4.78 is 6.60. The molecule has 31 heavy (non-hydrogen) atoms. The lowest BCUT2D eigenvalue weighted by Crippen LogP contribution is -2.27. The summed E-state index contributed by atoms with van der Waals surface area (Å²) >= 11 is 0. The third kappa shape index (κ3) is 5.25. The minimum atomic E-state index is -0.626. The van der Waals surface area contributed by atoms with E-state index in [1.807, 2.05) is 73.7 Å². The Bertz CT molecular complexity index is 1130. The average molecular weight is 414 g/mol. The van der Waals surface area contributed by atoms with E-state index >= 15 is 0 Å². The van der Waals surface area contributed by atoms with Gasteiger partial charge in [0.2, 0.25) is 0 Å². The average Bonchev–Trinajstić information content (AvgIpc) is 3.22. The van der Waals surface area contributed by atoms with Crippen LogP contribution in [0.3, 0.4) is 0 Å². The van der Waals surface area contributed by atoms with E-state index in [1.165, 1.54) is 10.8 Å². The summed E-state index contributed by atoms with van der Waals surface area (Å²) in [6.07, 6.45) is 2.94. The summed E-state index contributed by atoms with van der Waals surface area (Å²) in [5.41, 5.74) is 1.86. The van der Waals surface area contributed by atoms with Crippen LogP contribution in [0, 0.1) is 11.3 Å². The first-order valence-corrected chi connectivity index (χ1v) is 9.83. The summed E-state index contributed by atoms with van der Waals surface area (Å²) in [6, 6.07) is 20.3. The lowest BCUT2D eigenvalue weighted by Gasteiger charge is -2.13. The van der Waals surface area contributed by atoms with Crippen LogP contribution >= 0.6 is 0 Å². The van der Waals surface area contributed by atoms with Crippen LogP contribution in [-0.2, 0) is 9.53 Å². The summed E-state index contributed by atoms with van der Waals surface area (Å²) in [7, 11) is 0. The number of rotatable bonds is 7. The van der Waals surface area contributed by atoms with Crippen molar-refractivity contribution in [1.29, 1.82) is 5.26 Å². The topological polar surface area (TPSA) is 97.0 Å². The van der Waals surface area contributed by atoms with Crippen LogP contribution in [0.1, 0.15) is 41.5 Å². The lowest BCUT2D eigenvalue weighted by atomic mass is 10.1. The second kappa shape index (κ2) is 10.0. The van der Waals surface area contributed by atoms with E-state index in [2.05, 4.69) is 10.4 Å². The molecule has 0 aliphatic heterocycles. The number of benzene rings is 2. The summed E-state index contributed by atoms with van der Waals surface area (Å²) in [5.74, 6) is -1.17. The number of nitriles is 1. The second-order valence-electron chi connectivity index (χ2n) is 6.71. The molecule has 156 valence electrons. The summed E-state index contributed by atoms with van der Waals surface area (Å²) in [4.78, 5) is 25.1. The molecule has 1 amide bonds. The van der Waals surface area contributed by atoms with Crippen molar-refractivity contribution in [2.24, 2.45) is 0 Å². The molecule has 0 saturated carbocycles. The molecule has 0 bridgehead atoms. The maximum Gasteiger partial charge on any atom is 0.359 e. The fraction of sp³-hybridized carbons (Fsp3) is 0.167. The Morgan fingerprint density at radius 3 is 2.42 bits per heavy atom. The molecule has 0 spiro atoms. The molecule has 1 unspecified atom stereocenters. The number of esters is 1. The van der Waals surface area contributed by atoms with Gasteiger partial charge in [-0.1, -0.05) is 48.5 Å². The number of amides is 1. The summed E-state index contributed by atoms with van der Waals surface area (Å²) in [5, 5.41) is 16.7. The van der Waals surface area contributed by atoms with Crippen molar-refractivity contribution in [3.8, 4) is 11.8 Å². The van der Waals surface area contributed by atoms with Gasteiger partial charge in [-0.15, -0.1) is 0 Å². The van der Waals surface area contributed by atoms with Gasteiger partial charge in [-0.2, -0.15) is 10.4 Å². The molecule has 0 aliphatic carbocycles. The Hall–Kier alpha value is -4.18. The van der Waals surface area contributed by atoms with Gasteiger partial charge < -0.3 is 10.1 Å². The van der Waals surface area contributed by atoms with Crippen LogP contribution in [0.4, 0.5) is 0 Å². The first-order chi connectivity index (χ1) is 15.0. The van der Waals surface area contributed by atoms with Crippen LogP contribution in [0.5, 0.6) is 0 Å². The highest BCUT2D eigenvalue weighted by atomic mass is 16.5. The standard InChI is InChI=1S/C24H22N4O3/c1-3-31-24(30)22-20(16-28(27-22)21-12-8-5-9-13-21)14-19(15-25)23(29)26-17(2)18-10-6-4-7-11-18/h4-14,16-17H,3H2,1-2H3,(H,26,29)/b19-14-. The fourth-order valence-electron chi connectivity index (χ4n) is 2.97. The van der Waals surface area contributed by atoms with E-state index in [4.69, 9.17) is 4.74 Å². The zero-order valence-electron chi connectivity index (χ0n) is 17.3. The first kappa shape index (κ1) is 21.5. The van der Waals surface area contributed by atoms with Gasteiger partial charge in [-0.05, 0) is 37.6 Å². The van der Waals surface area contributed by atoms with Gasteiger partial charge in [0, 0.05) is 11.8 Å². The molecule has 0 aliphatic rings. The van der Waals surface area contributed by atoms with Gasteiger partial charge in [0.1, 0.15) is 11.6 Å². The molecule has 0 fully saturated rings. The smallest absolute Gasteiger partial charge is 0.359 e. The van der Waals surface area contributed by atoms with Crippen molar-refractivity contribution in [1.82, 2.24) is 15.1 Å². The number of hydrogen-bond acceptors (Lipinski definition) is 5. The van der Waals surface area contributed by atoms with Gasteiger partial charge >= 0.3 is 5.97 Å². The van der Waals surface area contributed by atoms with E-state index in [-0.39, 0.29) is 23.9 Å². The van der Waals surface area contributed by atoms with E-state index in [1.54, 1.807) is 13.1 Å². The number of nitrogens with one attached hydrogen (secondary N) is 1. The van der Waals surface area contributed by atoms with Gasteiger partial charge in [0.05, 0.1) is 18.3 Å². The zero-order chi connectivity index (χ0) is 22.2. The number of aromatic nitrogens is 2. The third-order valence-corrected chi connectivity index (χ3v) is 4.54. The van der Waals surface area contributed by atoms with Gasteiger partial charge in [0.25, 0.3) is 5.91 Å². The van der Waals surface area contributed by atoms with Crippen molar-refractivity contribution < 1.29 is 14.3 Å². The first-order valence-electron chi connectivity index (χ1n) is 9.83. The number of nitrogens with zero attached hydrogens (tertiary/aromatic N) is 3. The molecule has 3 aromatic rings. The maximum atomic E-state index is 12.7. The van der Waals surface area contributed by atoms with Crippen LogP contribution in [-0.4, -0.2) is 28.3 Å². The molecule has 7 heteroatoms. The fourth-order valence-corrected chi connectivity index (χ4v) is 2.97. The quantitative estimate of drug-likeness (QED) is 0.360. The molecule has 2 aromatic carbocycles. The number of para-hydroxylation sites is 1. The highest BCUT2D eigenvalue weighted by molar-refractivity contribution is 6.03. The molecule has 1 atom stereocenters. The van der Waals surface area contributed by atoms with Crippen molar-refractivity contribution in [3.05, 3.63) is 89.3 Å². The lowest BCUT2D eigenvalue weighted by molar-refractivity contribution is -0.117. The molecule has 1 aromatic heterocycles. The Kier molecular flexibility index (Phi) is 6.97. The van der Waals surface area contributed by atoms with Crippen LogP contribution in [0.25, 0.3) is 11.8 Å². The molecule has 0 radical (unpaired) electrons. The van der Waals surface area contributed by atoms with Crippen molar-refractivity contribution >= 4 is 18.0 Å².